The Kier molecular flexibility index (Phi) is 6.00. The number of amides is 2. The Morgan fingerprint density at radius 3 is 2.76 bits per heavy atom. The molecule has 1 saturated carbocycles. The van der Waals surface area contributed by atoms with E-state index in [4.69, 9.17) is 4.74 Å². The first-order valence-corrected chi connectivity index (χ1v) is 9.79. The van der Waals surface area contributed by atoms with E-state index in [0.29, 0.717) is 31.5 Å². The Morgan fingerprint density at radius 1 is 1.28 bits per heavy atom. The van der Waals surface area contributed by atoms with Crippen LogP contribution in [0.25, 0.3) is 0 Å². The van der Waals surface area contributed by atoms with Gasteiger partial charge in [0, 0.05) is 39.8 Å². The zero-order chi connectivity index (χ0) is 17.9. The molecule has 3 aliphatic rings. The fourth-order valence-electron chi connectivity index (χ4n) is 4.43. The molecule has 0 bridgehead atoms. The fraction of sp³-hybridized carbons (Fsp3) is 0.895. The summed E-state index contributed by atoms with van der Waals surface area (Å²) in [6, 6.07) is 0. The van der Waals surface area contributed by atoms with Crippen LogP contribution in [0.15, 0.2) is 0 Å². The van der Waals surface area contributed by atoms with Gasteiger partial charge in [-0.2, -0.15) is 0 Å². The number of methoxy groups -OCH3 is 1. The minimum Gasteiger partial charge on any atom is -0.383 e. The first-order valence-electron chi connectivity index (χ1n) is 9.79. The predicted octanol–water partition coefficient (Wildman–Crippen LogP) is 1.21. The summed E-state index contributed by atoms with van der Waals surface area (Å²) in [6.45, 7) is 4.96. The molecule has 2 amide bonds. The van der Waals surface area contributed by atoms with E-state index in [-0.39, 0.29) is 11.3 Å². The highest BCUT2D eigenvalue weighted by Crippen LogP contribution is 2.41. The largest absolute Gasteiger partial charge is 0.383 e. The molecule has 2 heterocycles. The summed E-state index contributed by atoms with van der Waals surface area (Å²) in [5, 5.41) is 0. The number of carbonyl (C=O) groups excluding carboxylic acids is 2. The highest BCUT2D eigenvalue weighted by atomic mass is 16.5. The molecule has 0 N–H and O–H groups in total. The van der Waals surface area contributed by atoms with Gasteiger partial charge in [-0.25, -0.2) is 0 Å². The number of rotatable bonds is 7. The summed E-state index contributed by atoms with van der Waals surface area (Å²) >= 11 is 0. The quantitative estimate of drug-likeness (QED) is 0.692. The molecule has 25 heavy (non-hydrogen) atoms. The van der Waals surface area contributed by atoms with E-state index < -0.39 is 0 Å². The van der Waals surface area contributed by atoms with Gasteiger partial charge in [-0.3, -0.25) is 14.5 Å². The van der Waals surface area contributed by atoms with Gasteiger partial charge >= 0.3 is 0 Å². The summed E-state index contributed by atoms with van der Waals surface area (Å²) < 4.78 is 5.06. The second-order valence-corrected chi connectivity index (χ2v) is 8.23. The molecular formula is C19H33N3O3. The van der Waals surface area contributed by atoms with Crippen LogP contribution >= 0.6 is 0 Å². The molecule has 0 aromatic heterocycles. The van der Waals surface area contributed by atoms with Crippen LogP contribution in [-0.2, 0) is 14.3 Å². The third kappa shape index (κ3) is 4.17. The predicted molar refractivity (Wildman–Crippen MR) is 96.2 cm³/mol. The second kappa shape index (κ2) is 8.04. The molecular weight excluding hydrogens is 318 g/mol. The maximum atomic E-state index is 13.1. The summed E-state index contributed by atoms with van der Waals surface area (Å²) in [6.07, 6.45) is 6.71. The van der Waals surface area contributed by atoms with Gasteiger partial charge in [0.15, 0.2) is 0 Å². The van der Waals surface area contributed by atoms with E-state index in [1.54, 1.807) is 7.11 Å². The van der Waals surface area contributed by atoms with Crippen molar-refractivity contribution in [3.8, 4) is 0 Å². The minimum absolute atomic E-state index is 0.138. The molecule has 1 aliphatic carbocycles. The van der Waals surface area contributed by atoms with Crippen molar-refractivity contribution in [2.24, 2.45) is 11.3 Å². The molecule has 3 rings (SSSR count). The molecule has 6 heteroatoms. The van der Waals surface area contributed by atoms with E-state index in [9.17, 15) is 9.59 Å². The van der Waals surface area contributed by atoms with Gasteiger partial charge in [0.25, 0.3) is 0 Å². The van der Waals surface area contributed by atoms with Crippen LogP contribution in [0.1, 0.15) is 38.5 Å². The van der Waals surface area contributed by atoms with Crippen molar-refractivity contribution in [1.29, 1.82) is 0 Å². The third-order valence-electron chi connectivity index (χ3n) is 6.32. The van der Waals surface area contributed by atoms with Crippen LogP contribution in [0.4, 0.5) is 0 Å². The number of hydrogen-bond acceptors (Lipinski definition) is 4. The molecule has 3 fully saturated rings. The number of ether oxygens (including phenoxy) is 1. The summed E-state index contributed by atoms with van der Waals surface area (Å²) in [5.74, 6) is 1.17. The van der Waals surface area contributed by atoms with Gasteiger partial charge in [-0.1, -0.05) is 6.42 Å². The SMILES string of the molecule is COCCN(C)CC(=O)N1CC[C@@]2(CCCN(CC3CCC3)C2=O)C1. The van der Waals surface area contributed by atoms with Crippen LogP contribution < -0.4 is 0 Å². The molecule has 0 aromatic carbocycles. The maximum Gasteiger partial charge on any atom is 0.236 e. The highest BCUT2D eigenvalue weighted by Gasteiger charge is 2.49. The van der Waals surface area contributed by atoms with Gasteiger partial charge in [0.2, 0.25) is 11.8 Å². The summed E-state index contributed by atoms with van der Waals surface area (Å²) in [7, 11) is 3.61. The molecule has 0 unspecified atom stereocenters. The summed E-state index contributed by atoms with van der Waals surface area (Å²) in [4.78, 5) is 31.7. The molecule has 2 aliphatic heterocycles. The Bertz CT molecular complexity index is 494. The van der Waals surface area contributed by atoms with Crippen LogP contribution in [-0.4, -0.2) is 86.5 Å². The number of nitrogens with zero attached hydrogens (tertiary/aromatic N) is 3. The van der Waals surface area contributed by atoms with Crippen LogP contribution in [0.2, 0.25) is 0 Å². The smallest absolute Gasteiger partial charge is 0.236 e. The monoisotopic (exact) mass is 351 g/mol. The number of hydrogen-bond donors (Lipinski definition) is 0. The van der Waals surface area contributed by atoms with Crippen LogP contribution in [0, 0.1) is 11.3 Å². The lowest BCUT2D eigenvalue weighted by atomic mass is 9.77. The van der Waals surface area contributed by atoms with Gasteiger partial charge in [-0.15, -0.1) is 0 Å². The average molecular weight is 351 g/mol. The van der Waals surface area contributed by atoms with Gasteiger partial charge in [-0.05, 0) is 45.1 Å². The van der Waals surface area contributed by atoms with Gasteiger partial charge in [0.1, 0.15) is 0 Å². The van der Waals surface area contributed by atoms with Crippen LogP contribution in [0.3, 0.4) is 0 Å². The molecule has 142 valence electrons. The van der Waals surface area contributed by atoms with Gasteiger partial charge < -0.3 is 14.5 Å². The zero-order valence-electron chi connectivity index (χ0n) is 15.8. The molecule has 6 nitrogen and oxygen atoms in total. The molecule has 0 radical (unpaired) electrons. The van der Waals surface area contributed by atoms with Crippen molar-refractivity contribution in [2.45, 2.75) is 38.5 Å². The zero-order valence-corrected chi connectivity index (χ0v) is 15.8. The van der Waals surface area contributed by atoms with Crippen molar-refractivity contribution >= 4 is 11.8 Å². The lowest BCUT2D eigenvalue weighted by Gasteiger charge is -2.42. The van der Waals surface area contributed by atoms with Crippen molar-refractivity contribution < 1.29 is 14.3 Å². The van der Waals surface area contributed by atoms with E-state index in [1.807, 2.05) is 16.8 Å². The lowest BCUT2D eigenvalue weighted by molar-refractivity contribution is -0.147. The van der Waals surface area contributed by atoms with Crippen molar-refractivity contribution in [1.82, 2.24) is 14.7 Å². The highest BCUT2D eigenvalue weighted by molar-refractivity contribution is 5.86. The van der Waals surface area contributed by atoms with Crippen molar-refractivity contribution in [3.63, 3.8) is 0 Å². The van der Waals surface area contributed by atoms with E-state index in [1.165, 1.54) is 19.3 Å². The second-order valence-electron chi connectivity index (χ2n) is 8.23. The number of likely N-dealkylation sites (tertiary alicyclic amines) is 2. The molecule has 0 aromatic rings. The Balaban J connectivity index is 1.54. The topological polar surface area (TPSA) is 53.1 Å². The first-order chi connectivity index (χ1) is 12.0. The normalized spacial score (nSPS) is 27.4. The first kappa shape index (κ1) is 18.6. The molecule has 1 spiro atoms. The maximum absolute atomic E-state index is 13.1. The van der Waals surface area contributed by atoms with Crippen LogP contribution in [0.5, 0.6) is 0 Å². The number of piperidine rings is 1. The Labute approximate surface area is 151 Å². The fourth-order valence-corrected chi connectivity index (χ4v) is 4.43. The van der Waals surface area contributed by atoms with Crippen molar-refractivity contribution in [2.75, 3.05) is 60.0 Å². The third-order valence-corrected chi connectivity index (χ3v) is 6.32. The number of likely N-dealkylation sites (N-methyl/N-ethyl adjacent to an activating group) is 1. The Hall–Kier alpha value is -1.14. The molecule has 2 saturated heterocycles. The summed E-state index contributed by atoms with van der Waals surface area (Å²) in [5.41, 5.74) is -0.303. The standard InChI is InChI=1S/C19H33N3O3/c1-20(11-12-25-2)14-17(23)22-10-8-19(15-22)7-4-9-21(18(19)24)13-16-5-3-6-16/h16H,3-15H2,1-2H3/t19-/m0/s1. The van der Waals surface area contributed by atoms with E-state index in [2.05, 4.69) is 4.90 Å². The lowest BCUT2D eigenvalue weighted by Crippen LogP contribution is -2.52. The Morgan fingerprint density at radius 2 is 2.08 bits per heavy atom. The molecule has 1 atom stereocenters. The minimum atomic E-state index is -0.303. The van der Waals surface area contributed by atoms with E-state index >= 15 is 0 Å². The van der Waals surface area contributed by atoms with Crippen molar-refractivity contribution in [3.05, 3.63) is 0 Å². The number of carbonyl (C=O) groups is 2. The van der Waals surface area contributed by atoms with E-state index in [0.717, 1.165) is 45.4 Å². The van der Waals surface area contributed by atoms with Gasteiger partial charge in [0.05, 0.1) is 18.6 Å². The average Bonchev–Trinajstić information content (AvgIpc) is 2.98.